The van der Waals surface area contributed by atoms with Gasteiger partial charge in [-0.15, -0.1) is 0 Å². The van der Waals surface area contributed by atoms with Crippen LogP contribution in [0.3, 0.4) is 0 Å². The molecule has 0 aliphatic rings. The van der Waals surface area contributed by atoms with Crippen LogP contribution in [0.15, 0.2) is 34.4 Å². The summed E-state index contributed by atoms with van der Waals surface area (Å²) in [6.07, 6.45) is 7.07. The van der Waals surface area contributed by atoms with Gasteiger partial charge >= 0.3 is 207 Å². The van der Waals surface area contributed by atoms with Gasteiger partial charge in [0, 0.05) is 0 Å². The van der Waals surface area contributed by atoms with Gasteiger partial charge in [-0.05, 0) is 0 Å². The number of halogens is 3. The fraction of sp³-hybridized carbons (Fsp3) is 0.704. The van der Waals surface area contributed by atoms with Crippen molar-refractivity contribution in [2.45, 2.75) is 117 Å². The van der Waals surface area contributed by atoms with Crippen molar-refractivity contribution < 1.29 is 17.6 Å². The molecule has 1 rings (SSSR count). The molecular weight excluding hydrogens is 544 g/mol. The van der Waals surface area contributed by atoms with E-state index in [1.807, 2.05) is 0 Å². The van der Waals surface area contributed by atoms with Crippen LogP contribution in [0.5, 0.6) is 0 Å². The van der Waals surface area contributed by atoms with Crippen molar-refractivity contribution >= 4 is 26.7 Å². The zero-order valence-corrected chi connectivity index (χ0v) is 25.7. The van der Waals surface area contributed by atoms with Gasteiger partial charge in [0.1, 0.15) is 0 Å². The molecule has 0 fully saturated rings. The monoisotopic (exact) mass is 592 g/mol. The summed E-state index contributed by atoms with van der Waals surface area (Å²) >= 11 is -2.42. The van der Waals surface area contributed by atoms with Gasteiger partial charge in [-0.2, -0.15) is 0 Å². The van der Waals surface area contributed by atoms with Crippen molar-refractivity contribution in [1.82, 2.24) is 0 Å². The van der Waals surface area contributed by atoms with E-state index in [4.69, 9.17) is 4.43 Å². The van der Waals surface area contributed by atoms with E-state index in [1.165, 1.54) is 64.0 Å². The van der Waals surface area contributed by atoms with Gasteiger partial charge in [-0.25, -0.2) is 0 Å². The Hall–Kier alpha value is -0.274. The molecule has 0 amide bonds. The molecule has 0 saturated carbocycles. The van der Waals surface area contributed by atoms with Crippen LogP contribution in [0.2, 0.25) is 33.0 Å². The average molecular weight is 591 g/mol. The molecule has 1 nitrogen and oxygen atoms in total. The molecule has 1 aromatic carbocycles. The number of unbranched alkanes of at least 4 members (excludes halogenated alkanes) is 3. The zero-order valence-electron chi connectivity index (χ0n) is 21.9. The van der Waals surface area contributed by atoms with Gasteiger partial charge in [0.05, 0.1) is 0 Å². The summed E-state index contributed by atoms with van der Waals surface area (Å²) < 4.78 is 52.8. The summed E-state index contributed by atoms with van der Waals surface area (Å²) in [6, 6.07) is 5.77. The quantitative estimate of drug-likeness (QED) is 0.174. The minimum absolute atomic E-state index is 0.00726. The summed E-state index contributed by atoms with van der Waals surface area (Å²) in [5.74, 6) is 0. The number of alkyl halides is 3. The van der Waals surface area contributed by atoms with Gasteiger partial charge < -0.3 is 0 Å². The van der Waals surface area contributed by atoms with E-state index in [0.29, 0.717) is 6.42 Å². The summed E-state index contributed by atoms with van der Waals surface area (Å²) in [4.78, 5) is 0. The second-order valence-corrected chi connectivity index (χ2v) is 28.0. The van der Waals surface area contributed by atoms with E-state index in [-0.39, 0.29) is 6.10 Å². The van der Waals surface area contributed by atoms with Crippen molar-refractivity contribution in [3.63, 3.8) is 0 Å². The summed E-state index contributed by atoms with van der Waals surface area (Å²) in [7, 11) is -1.78. The van der Waals surface area contributed by atoms with Crippen LogP contribution in [-0.4, -0.2) is 32.8 Å². The summed E-state index contributed by atoms with van der Waals surface area (Å²) in [5, 5.41) is 0. The zero-order chi connectivity index (χ0) is 25.0. The molecule has 1 unspecified atom stereocenters. The molecule has 6 heteroatoms. The Bertz CT molecular complexity index is 676. The molecule has 0 bridgehead atoms. The second kappa shape index (κ2) is 15.0. The summed E-state index contributed by atoms with van der Waals surface area (Å²) in [6.45, 7) is 13.4. The van der Waals surface area contributed by atoms with Crippen molar-refractivity contribution in [2.75, 3.05) is 0 Å². The predicted molar refractivity (Wildman–Crippen MR) is 142 cm³/mol. The Balaban J connectivity index is 3.09. The fourth-order valence-corrected chi connectivity index (χ4v) is 19.9. The number of hydrogen-bond donors (Lipinski definition) is 0. The Morgan fingerprint density at radius 1 is 0.939 bits per heavy atom. The van der Waals surface area contributed by atoms with Crippen LogP contribution in [-0.2, 0) is 17.0 Å². The van der Waals surface area contributed by atoms with Crippen LogP contribution in [0.4, 0.5) is 13.2 Å². The van der Waals surface area contributed by atoms with Crippen LogP contribution in [0.1, 0.15) is 76.8 Å². The van der Waals surface area contributed by atoms with Gasteiger partial charge in [-0.1, -0.05) is 0 Å². The van der Waals surface area contributed by atoms with Gasteiger partial charge in [0.15, 0.2) is 0 Å². The third-order valence-electron chi connectivity index (χ3n) is 6.23. The van der Waals surface area contributed by atoms with Gasteiger partial charge in [-0.3, -0.25) is 0 Å². The maximum absolute atomic E-state index is 13.1. The predicted octanol–water partition coefficient (Wildman–Crippen LogP) is 9.80. The van der Waals surface area contributed by atoms with E-state index in [1.54, 1.807) is 6.07 Å². The number of aryl methyl sites for hydroxylation is 1. The third-order valence-corrected chi connectivity index (χ3v) is 21.4. The first-order valence-electron chi connectivity index (χ1n) is 13.0. The summed E-state index contributed by atoms with van der Waals surface area (Å²) in [5.41, 5.74) is 0.173. The minimum atomic E-state index is -4.30. The van der Waals surface area contributed by atoms with Crippen LogP contribution < -0.4 is 0 Å². The molecule has 190 valence electrons. The molecular formula is C27H47F3OSiSn. The fourth-order valence-electron chi connectivity index (χ4n) is 4.38. The molecule has 0 saturated heterocycles. The molecule has 1 aromatic rings. The topological polar surface area (TPSA) is 9.23 Å². The third kappa shape index (κ3) is 12.8. The molecule has 0 radical (unpaired) electrons. The van der Waals surface area contributed by atoms with E-state index in [9.17, 15) is 13.2 Å². The first kappa shape index (κ1) is 30.8. The van der Waals surface area contributed by atoms with Crippen LogP contribution >= 0.6 is 0 Å². The van der Waals surface area contributed by atoms with E-state index < -0.39 is 38.4 Å². The van der Waals surface area contributed by atoms with Crippen molar-refractivity contribution in [3.8, 4) is 0 Å². The molecule has 0 aliphatic carbocycles. The Morgan fingerprint density at radius 3 is 1.94 bits per heavy atom. The standard InChI is InChI=1S/C15H20F3OSi.3C4H9.Sn/c1-5-14(19-20(2,3)4)10-9-12-7-6-8-13(11-12)15(16,17)18;3*1-3-4-2;/h1,5-8,11,14H,9-10H2,2-4H3;3*1,3-4H2,2H3;. The van der Waals surface area contributed by atoms with Crippen molar-refractivity contribution in [2.24, 2.45) is 0 Å². The number of benzene rings is 1. The molecule has 0 heterocycles. The van der Waals surface area contributed by atoms with E-state index >= 15 is 0 Å². The molecule has 1 atom stereocenters. The maximum atomic E-state index is 13.1. The number of hydrogen-bond acceptors (Lipinski definition) is 1. The second-order valence-electron chi connectivity index (χ2n) is 10.5. The van der Waals surface area contributed by atoms with E-state index in [0.717, 1.165) is 18.1 Å². The normalized spacial score (nSPS) is 14.2. The Kier molecular flexibility index (Phi) is 14.0. The molecule has 33 heavy (non-hydrogen) atoms. The van der Waals surface area contributed by atoms with Gasteiger partial charge in [0.25, 0.3) is 0 Å². The van der Waals surface area contributed by atoms with Crippen LogP contribution in [0.25, 0.3) is 0 Å². The molecule has 0 aliphatic heterocycles. The Labute approximate surface area is 206 Å². The molecule has 0 spiro atoms. The van der Waals surface area contributed by atoms with E-state index in [2.05, 4.69) is 50.6 Å². The SMILES string of the molecule is CCC[CH2][Sn](/[CH]=C/C(CCc1cccc(C(F)(F)F)c1)O[Si](C)(C)C)([CH2]CCC)[CH2]CCC. The van der Waals surface area contributed by atoms with Crippen molar-refractivity contribution in [1.29, 1.82) is 0 Å². The average Bonchev–Trinajstić information content (AvgIpc) is 2.75. The van der Waals surface area contributed by atoms with Crippen LogP contribution in [0, 0.1) is 0 Å². The first-order valence-corrected chi connectivity index (χ1v) is 24.1. The number of rotatable bonds is 16. The molecule has 0 aromatic heterocycles. The molecule has 0 N–H and O–H groups in total. The van der Waals surface area contributed by atoms with Crippen molar-refractivity contribution in [3.05, 3.63) is 45.6 Å². The first-order chi connectivity index (χ1) is 15.4. The van der Waals surface area contributed by atoms with Gasteiger partial charge in [0.2, 0.25) is 0 Å². The Morgan fingerprint density at radius 2 is 1.48 bits per heavy atom.